The highest BCUT2D eigenvalue weighted by Crippen LogP contribution is 2.36. The number of likely N-dealkylation sites (N-methyl/N-ethyl adjacent to an activating group) is 1. The molecule has 8 heteroatoms. The first kappa shape index (κ1) is 22.5. The minimum atomic E-state index is -2.86. The summed E-state index contributed by atoms with van der Waals surface area (Å²) in [6.07, 6.45) is 1.04. The minimum absolute atomic E-state index is 0.108. The van der Waals surface area contributed by atoms with Crippen LogP contribution in [-0.2, 0) is 0 Å². The lowest BCUT2D eigenvalue weighted by Crippen LogP contribution is -2.31. The average Bonchev–Trinajstić information content (AvgIpc) is 3.26. The number of pyridine rings is 1. The fraction of sp³-hybridized carbons (Fsp3) is 0.292. The molecule has 1 atom stereocenters. The Kier molecular flexibility index (Phi) is 6.62. The van der Waals surface area contributed by atoms with Gasteiger partial charge in [0, 0.05) is 29.2 Å². The Labute approximate surface area is 194 Å². The van der Waals surface area contributed by atoms with Crippen LogP contribution in [0.3, 0.4) is 0 Å². The van der Waals surface area contributed by atoms with Crippen molar-refractivity contribution in [2.24, 2.45) is 0 Å². The molecule has 0 amide bonds. The van der Waals surface area contributed by atoms with Gasteiger partial charge in [-0.1, -0.05) is 28.1 Å². The summed E-state index contributed by atoms with van der Waals surface area (Å²) in [6.45, 7) is -1.13. The van der Waals surface area contributed by atoms with Gasteiger partial charge in [0.25, 0.3) is 0 Å². The van der Waals surface area contributed by atoms with Crippen LogP contribution in [0, 0.1) is 0 Å². The maximum Gasteiger partial charge on any atom is 0.387 e. The van der Waals surface area contributed by atoms with E-state index < -0.39 is 6.61 Å². The number of phenolic OH excluding ortho intramolecular Hbond substituents is 1. The van der Waals surface area contributed by atoms with Crippen LogP contribution >= 0.6 is 15.9 Å². The van der Waals surface area contributed by atoms with E-state index >= 15 is 0 Å². The predicted octanol–water partition coefficient (Wildman–Crippen LogP) is 5.63. The highest BCUT2D eigenvalue weighted by Gasteiger charge is 2.26. The number of aromatic nitrogens is 1. The fourth-order valence-corrected chi connectivity index (χ4v) is 4.26. The summed E-state index contributed by atoms with van der Waals surface area (Å²) in [7, 11) is 4.15. The van der Waals surface area contributed by atoms with Gasteiger partial charge >= 0.3 is 6.61 Å². The smallest absolute Gasteiger partial charge is 0.387 e. The Bertz CT molecular complexity index is 1090. The Morgan fingerprint density at radius 3 is 2.50 bits per heavy atom. The van der Waals surface area contributed by atoms with Crippen LogP contribution in [0.4, 0.5) is 14.6 Å². The average molecular weight is 504 g/mol. The van der Waals surface area contributed by atoms with Crippen LogP contribution < -0.4 is 9.64 Å². The molecule has 0 spiro atoms. The number of rotatable bonds is 6. The standard InChI is InChI=1S/C24H24BrF2N3O2/c1-29(2)18-9-10-30(14-18)23-12-16(15-3-6-19(7-4-15)32-24(26)27)11-21(28-23)20-13-17(25)5-8-22(20)31/h3-8,11-13,18,24,31H,9-10,14H2,1-2H3. The summed E-state index contributed by atoms with van der Waals surface area (Å²) < 4.78 is 30.3. The molecule has 3 aromatic rings. The third-order valence-corrected chi connectivity index (χ3v) is 6.17. The lowest BCUT2D eigenvalue weighted by molar-refractivity contribution is -0.0498. The molecule has 4 rings (SSSR count). The van der Waals surface area contributed by atoms with Crippen molar-refractivity contribution in [2.75, 3.05) is 32.1 Å². The minimum Gasteiger partial charge on any atom is -0.507 e. The van der Waals surface area contributed by atoms with E-state index in [9.17, 15) is 13.9 Å². The third kappa shape index (κ3) is 5.02. The number of hydrogen-bond acceptors (Lipinski definition) is 5. The van der Waals surface area contributed by atoms with Crippen molar-refractivity contribution >= 4 is 21.7 Å². The molecule has 0 radical (unpaired) electrons. The van der Waals surface area contributed by atoms with Crippen molar-refractivity contribution in [3.63, 3.8) is 0 Å². The van der Waals surface area contributed by atoms with Crippen molar-refractivity contribution in [3.05, 3.63) is 59.1 Å². The van der Waals surface area contributed by atoms with Gasteiger partial charge in [-0.05, 0) is 74.1 Å². The van der Waals surface area contributed by atoms with Gasteiger partial charge in [-0.3, -0.25) is 0 Å². The molecule has 0 bridgehead atoms. The Hall–Kier alpha value is -2.71. The fourth-order valence-electron chi connectivity index (χ4n) is 3.90. The van der Waals surface area contributed by atoms with Crippen molar-refractivity contribution < 1.29 is 18.6 Å². The van der Waals surface area contributed by atoms with Crippen molar-refractivity contribution in [1.29, 1.82) is 0 Å². The number of phenols is 1. The largest absolute Gasteiger partial charge is 0.507 e. The molecule has 1 fully saturated rings. The molecule has 0 saturated carbocycles. The zero-order valence-corrected chi connectivity index (χ0v) is 19.4. The quantitative estimate of drug-likeness (QED) is 0.472. The number of hydrogen-bond donors (Lipinski definition) is 1. The first-order chi connectivity index (χ1) is 15.3. The monoisotopic (exact) mass is 503 g/mol. The van der Waals surface area contributed by atoms with Crippen LogP contribution in [0.25, 0.3) is 22.4 Å². The molecular formula is C24H24BrF2N3O2. The second kappa shape index (κ2) is 9.42. The summed E-state index contributed by atoms with van der Waals surface area (Å²) in [5, 5.41) is 10.5. The Morgan fingerprint density at radius 2 is 1.84 bits per heavy atom. The number of anilines is 1. The molecule has 1 N–H and O–H groups in total. The zero-order valence-electron chi connectivity index (χ0n) is 17.8. The SMILES string of the molecule is CN(C)C1CCN(c2cc(-c3ccc(OC(F)F)cc3)cc(-c3cc(Br)ccc3O)n2)C1. The van der Waals surface area contributed by atoms with Crippen molar-refractivity contribution in [3.8, 4) is 33.9 Å². The summed E-state index contributed by atoms with van der Waals surface area (Å²) >= 11 is 3.46. The maximum absolute atomic E-state index is 12.5. The number of benzene rings is 2. The van der Waals surface area contributed by atoms with Crippen molar-refractivity contribution in [2.45, 2.75) is 19.1 Å². The van der Waals surface area contributed by atoms with Crippen LogP contribution in [0.1, 0.15) is 6.42 Å². The van der Waals surface area contributed by atoms with Gasteiger partial charge in [-0.15, -0.1) is 0 Å². The normalized spacial score (nSPS) is 16.2. The second-order valence-electron chi connectivity index (χ2n) is 8.02. The number of aromatic hydroxyl groups is 1. The van der Waals surface area contributed by atoms with Gasteiger partial charge in [0.15, 0.2) is 0 Å². The van der Waals surface area contributed by atoms with E-state index in [0.717, 1.165) is 40.9 Å². The van der Waals surface area contributed by atoms with E-state index in [1.54, 1.807) is 24.3 Å². The summed E-state index contributed by atoms with van der Waals surface area (Å²) in [5.74, 6) is 1.06. The third-order valence-electron chi connectivity index (χ3n) is 5.68. The van der Waals surface area contributed by atoms with Gasteiger partial charge in [0.05, 0.1) is 5.69 Å². The summed E-state index contributed by atoms with van der Waals surface area (Å²) in [4.78, 5) is 9.32. The first-order valence-electron chi connectivity index (χ1n) is 10.3. The molecule has 1 saturated heterocycles. The van der Waals surface area contributed by atoms with Gasteiger partial charge in [-0.2, -0.15) is 8.78 Å². The number of alkyl halides is 2. The van der Waals surface area contributed by atoms with E-state index in [4.69, 9.17) is 4.98 Å². The molecule has 0 aliphatic carbocycles. The molecule has 5 nitrogen and oxygen atoms in total. The molecular weight excluding hydrogens is 480 g/mol. The van der Waals surface area contributed by atoms with Gasteiger partial charge in [-0.25, -0.2) is 4.98 Å². The lowest BCUT2D eigenvalue weighted by atomic mass is 10.0. The topological polar surface area (TPSA) is 48.8 Å². The van der Waals surface area contributed by atoms with E-state index in [2.05, 4.69) is 44.6 Å². The van der Waals surface area contributed by atoms with Crippen LogP contribution in [0.5, 0.6) is 11.5 Å². The summed E-state index contributed by atoms with van der Waals surface area (Å²) in [6, 6.07) is 16.1. The van der Waals surface area contributed by atoms with Crippen LogP contribution in [0.2, 0.25) is 0 Å². The van der Waals surface area contributed by atoms with Gasteiger partial charge in [0.2, 0.25) is 0 Å². The molecule has 2 heterocycles. The molecule has 32 heavy (non-hydrogen) atoms. The Balaban J connectivity index is 1.76. The Morgan fingerprint density at radius 1 is 1.09 bits per heavy atom. The summed E-state index contributed by atoms with van der Waals surface area (Å²) in [5.41, 5.74) is 2.97. The predicted molar refractivity (Wildman–Crippen MR) is 125 cm³/mol. The maximum atomic E-state index is 12.5. The van der Waals surface area contributed by atoms with Crippen LogP contribution in [-0.4, -0.2) is 54.8 Å². The highest BCUT2D eigenvalue weighted by molar-refractivity contribution is 9.10. The number of nitrogens with zero attached hydrogens (tertiary/aromatic N) is 3. The second-order valence-corrected chi connectivity index (χ2v) is 8.93. The van der Waals surface area contributed by atoms with E-state index in [1.165, 1.54) is 12.1 Å². The number of halogens is 3. The van der Waals surface area contributed by atoms with Crippen LogP contribution in [0.15, 0.2) is 59.1 Å². The van der Waals surface area contributed by atoms with Crippen molar-refractivity contribution in [1.82, 2.24) is 9.88 Å². The number of ether oxygens (including phenoxy) is 1. The first-order valence-corrected chi connectivity index (χ1v) is 11.1. The van der Waals surface area contributed by atoms with E-state index in [1.807, 2.05) is 18.2 Å². The highest BCUT2D eigenvalue weighted by atomic mass is 79.9. The molecule has 1 aromatic heterocycles. The van der Waals surface area contributed by atoms with E-state index in [-0.39, 0.29) is 11.5 Å². The lowest BCUT2D eigenvalue weighted by Gasteiger charge is -2.22. The van der Waals surface area contributed by atoms with Gasteiger partial charge in [0.1, 0.15) is 17.3 Å². The van der Waals surface area contributed by atoms with Gasteiger partial charge < -0.3 is 19.6 Å². The molecule has 1 aliphatic heterocycles. The van der Waals surface area contributed by atoms with E-state index in [0.29, 0.717) is 17.3 Å². The zero-order chi connectivity index (χ0) is 22.8. The molecule has 168 valence electrons. The molecule has 1 aliphatic rings. The molecule has 1 unspecified atom stereocenters. The molecule has 2 aromatic carbocycles.